The summed E-state index contributed by atoms with van der Waals surface area (Å²) >= 11 is 1.47. The van der Waals surface area contributed by atoms with Crippen LogP contribution >= 0.6 is 11.3 Å². The van der Waals surface area contributed by atoms with Gasteiger partial charge in [-0.3, -0.25) is 9.59 Å². The molecule has 118 valence electrons. The van der Waals surface area contributed by atoms with Gasteiger partial charge in [0.05, 0.1) is 11.5 Å². The molecule has 0 bridgehead atoms. The Bertz CT molecular complexity index is 870. The summed E-state index contributed by atoms with van der Waals surface area (Å²) in [6.45, 7) is 0.286. The highest BCUT2D eigenvalue weighted by atomic mass is 32.1. The highest BCUT2D eigenvalue weighted by Gasteiger charge is 2.13. The van der Waals surface area contributed by atoms with Crippen molar-refractivity contribution in [3.05, 3.63) is 68.7 Å². The summed E-state index contributed by atoms with van der Waals surface area (Å²) in [5.41, 5.74) is 0.124. The van der Waals surface area contributed by atoms with Crippen LogP contribution in [0.2, 0.25) is 0 Å². The quantitative estimate of drug-likeness (QED) is 0.754. The lowest BCUT2D eigenvalue weighted by molar-refractivity contribution is 0.0916. The standard InChI is InChI=1S/C17H15NO4S/c19-12(16-6-3-9-23-16)7-8-18-17(21)15-10-13(20)11-4-1-2-5-14(11)22-15/h1-6,9-10,12,19H,7-8H2,(H,18,21)/t12-/m0/s1. The minimum Gasteiger partial charge on any atom is -0.451 e. The number of hydrogen-bond acceptors (Lipinski definition) is 5. The van der Waals surface area contributed by atoms with E-state index in [1.54, 1.807) is 24.3 Å². The average molecular weight is 329 g/mol. The molecule has 1 aromatic carbocycles. The number of fused-ring (bicyclic) bond motifs is 1. The van der Waals surface area contributed by atoms with Crippen molar-refractivity contribution in [2.24, 2.45) is 0 Å². The fourth-order valence-corrected chi connectivity index (χ4v) is 2.99. The van der Waals surface area contributed by atoms with Crippen LogP contribution in [0.4, 0.5) is 0 Å². The van der Waals surface area contributed by atoms with Crippen LogP contribution < -0.4 is 10.7 Å². The topological polar surface area (TPSA) is 79.5 Å². The molecule has 0 spiro atoms. The van der Waals surface area contributed by atoms with Crippen LogP contribution in [0.25, 0.3) is 11.0 Å². The lowest BCUT2D eigenvalue weighted by Crippen LogP contribution is -2.26. The SMILES string of the molecule is O=C(NCC[C@H](O)c1cccs1)c1cc(=O)c2ccccc2o1. The first-order valence-corrected chi connectivity index (χ1v) is 8.05. The molecule has 2 heterocycles. The Morgan fingerprint density at radius 2 is 2.09 bits per heavy atom. The summed E-state index contributed by atoms with van der Waals surface area (Å²) < 4.78 is 5.46. The molecule has 2 N–H and O–H groups in total. The van der Waals surface area contributed by atoms with E-state index in [0.717, 1.165) is 4.88 Å². The number of benzene rings is 1. The second kappa shape index (κ2) is 6.76. The van der Waals surface area contributed by atoms with E-state index in [-0.39, 0.29) is 17.7 Å². The van der Waals surface area contributed by atoms with Gasteiger partial charge in [-0.15, -0.1) is 11.3 Å². The van der Waals surface area contributed by atoms with Gasteiger partial charge in [-0.25, -0.2) is 0 Å². The molecule has 0 saturated heterocycles. The fraction of sp³-hybridized carbons (Fsp3) is 0.176. The van der Waals surface area contributed by atoms with Gasteiger partial charge in [-0.1, -0.05) is 18.2 Å². The maximum atomic E-state index is 12.1. The predicted molar refractivity (Wildman–Crippen MR) is 88.7 cm³/mol. The fourth-order valence-electron chi connectivity index (χ4n) is 2.25. The van der Waals surface area contributed by atoms with Crippen molar-refractivity contribution < 1.29 is 14.3 Å². The van der Waals surface area contributed by atoms with Crippen molar-refractivity contribution in [2.75, 3.05) is 6.54 Å². The molecule has 0 unspecified atom stereocenters. The van der Waals surface area contributed by atoms with Crippen LogP contribution in [0.5, 0.6) is 0 Å². The molecule has 0 aliphatic rings. The Morgan fingerprint density at radius 1 is 1.26 bits per heavy atom. The van der Waals surface area contributed by atoms with E-state index in [2.05, 4.69) is 5.32 Å². The van der Waals surface area contributed by atoms with Gasteiger partial charge in [0.15, 0.2) is 11.2 Å². The summed E-state index contributed by atoms with van der Waals surface area (Å²) in [6.07, 6.45) is -0.219. The number of aliphatic hydroxyl groups excluding tert-OH is 1. The van der Waals surface area contributed by atoms with Crippen molar-refractivity contribution in [3.63, 3.8) is 0 Å². The third-order valence-corrected chi connectivity index (χ3v) is 4.41. The highest BCUT2D eigenvalue weighted by Crippen LogP contribution is 2.21. The van der Waals surface area contributed by atoms with Gasteiger partial charge >= 0.3 is 0 Å². The summed E-state index contributed by atoms with van der Waals surface area (Å²) in [5.74, 6) is -0.495. The van der Waals surface area contributed by atoms with Gasteiger partial charge in [0.25, 0.3) is 5.91 Å². The average Bonchev–Trinajstić information content (AvgIpc) is 3.09. The van der Waals surface area contributed by atoms with Crippen molar-refractivity contribution in [2.45, 2.75) is 12.5 Å². The largest absolute Gasteiger partial charge is 0.451 e. The first-order valence-electron chi connectivity index (χ1n) is 7.18. The van der Waals surface area contributed by atoms with Crippen molar-refractivity contribution >= 4 is 28.2 Å². The van der Waals surface area contributed by atoms with Gasteiger partial charge in [0, 0.05) is 17.5 Å². The lowest BCUT2D eigenvalue weighted by atomic mass is 10.2. The maximum Gasteiger partial charge on any atom is 0.287 e. The molecule has 3 rings (SSSR count). The number of carbonyl (C=O) groups excluding carboxylic acids is 1. The van der Waals surface area contributed by atoms with Gasteiger partial charge in [-0.05, 0) is 30.0 Å². The van der Waals surface area contributed by atoms with Crippen molar-refractivity contribution in [1.82, 2.24) is 5.32 Å². The van der Waals surface area contributed by atoms with Crippen LogP contribution in [-0.2, 0) is 0 Å². The summed E-state index contributed by atoms with van der Waals surface area (Å²) in [6, 6.07) is 11.7. The lowest BCUT2D eigenvalue weighted by Gasteiger charge is -2.09. The molecule has 0 aliphatic carbocycles. The number of nitrogens with one attached hydrogen (secondary N) is 1. The molecule has 1 amide bonds. The van der Waals surface area contributed by atoms with E-state index in [1.165, 1.54) is 17.4 Å². The Morgan fingerprint density at radius 3 is 2.87 bits per heavy atom. The molecule has 0 aliphatic heterocycles. The van der Waals surface area contributed by atoms with Gasteiger partial charge < -0.3 is 14.8 Å². The smallest absolute Gasteiger partial charge is 0.287 e. The Labute approximate surface area is 136 Å². The van der Waals surface area contributed by atoms with Crippen LogP contribution in [0, 0.1) is 0 Å². The molecule has 5 nitrogen and oxygen atoms in total. The second-order valence-electron chi connectivity index (χ2n) is 5.05. The van der Waals surface area contributed by atoms with Gasteiger partial charge in [-0.2, -0.15) is 0 Å². The van der Waals surface area contributed by atoms with E-state index in [1.807, 2.05) is 17.5 Å². The van der Waals surface area contributed by atoms with E-state index in [4.69, 9.17) is 4.42 Å². The highest BCUT2D eigenvalue weighted by molar-refractivity contribution is 7.10. The van der Waals surface area contributed by atoms with Gasteiger partial charge in [0.1, 0.15) is 5.58 Å². The predicted octanol–water partition coefficient (Wildman–Crippen LogP) is 2.71. The molecule has 2 aromatic heterocycles. The molecular weight excluding hydrogens is 314 g/mol. The molecule has 3 aromatic rings. The Hall–Kier alpha value is -2.44. The molecule has 23 heavy (non-hydrogen) atoms. The Balaban J connectivity index is 1.65. The van der Waals surface area contributed by atoms with Gasteiger partial charge in [0.2, 0.25) is 0 Å². The number of hydrogen-bond donors (Lipinski definition) is 2. The van der Waals surface area contributed by atoms with E-state index >= 15 is 0 Å². The van der Waals surface area contributed by atoms with E-state index in [9.17, 15) is 14.7 Å². The molecule has 6 heteroatoms. The van der Waals surface area contributed by atoms with Crippen LogP contribution in [0.15, 0.2) is 57.1 Å². The van der Waals surface area contributed by atoms with E-state index in [0.29, 0.717) is 17.4 Å². The zero-order valence-corrected chi connectivity index (χ0v) is 13.0. The maximum absolute atomic E-state index is 12.1. The molecule has 0 radical (unpaired) electrons. The third kappa shape index (κ3) is 3.49. The number of thiophene rings is 1. The van der Waals surface area contributed by atoms with E-state index < -0.39 is 12.0 Å². The molecule has 0 fully saturated rings. The van der Waals surface area contributed by atoms with Crippen LogP contribution in [0.3, 0.4) is 0 Å². The monoisotopic (exact) mass is 329 g/mol. The molecular formula is C17H15NO4S. The number of para-hydroxylation sites is 1. The second-order valence-corrected chi connectivity index (χ2v) is 6.03. The van der Waals surface area contributed by atoms with Crippen LogP contribution in [0.1, 0.15) is 28.0 Å². The molecule has 0 saturated carbocycles. The molecule has 1 atom stereocenters. The first-order chi connectivity index (χ1) is 11.1. The number of amides is 1. The summed E-state index contributed by atoms with van der Waals surface area (Å²) in [5, 5.41) is 15.0. The minimum atomic E-state index is -0.612. The number of rotatable bonds is 5. The number of aliphatic hydroxyl groups is 1. The Kier molecular flexibility index (Phi) is 4.55. The summed E-state index contributed by atoms with van der Waals surface area (Å²) in [4.78, 5) is 24.9. The third-order valence-electron chi connectivity index (χ3n) is 3.43. The van der Waals surface area contributed by atoms with Crippen molar-refractivity contribution in [3.8, 4) is 0 Å². The van der Waals surface area contributed by atoms with Crippen molar-refractivity contribution in [1.29, 1.82) is 0 Å². The van der Waals surface area contributed by atoms with Crippen LogP contribution in [-0.4, -0.2) is 17.6 Å². The summed E-state index contributed by atoms with van der Waals surface area (Å²) in [7, 11) is 0. The first kappa shape index (κ1) is 15.5. The normalized spacial score (nSPS) is 12.2. The zero-order chi connectivity index (χ0) is 16.2. The number of carbonyl (C=O) groups is 1. The minimum absolute atomic E-state index is 0.0284. The zero-order valence-electron chi connectivity index (χ0n) is 12.2.